The van der Waals surface area contributed by atoms with E-state index in [0.717, 1.165) is 18.7 Å². The molecular weight excluding hydrogens is 238 g/mol. The lowest BCUT2D eigenvalue weighted by molar-refractivity contribution is -0.121. The first-order chi connectivity index (χ1) is 8.16. The molecule has 4 heteroatoms. The molecule has 0 aliphatic carbocycles. The molecule has 1 heterocycles. The van der Waals surface area contributed by atoms with Crippen LogP contribution in [0.4, 0.5) is 0 Å². The summed E-state index contributed by atoms with van der Waals surface area (Å²) >= 11 is 5.54. The number of likely N-dealkylation sites (tertiary alicyclic amines) is 1. The van der Waals surface area contributed by atoms with Crippen LogP contribution in [-0.2, 0) is 11.3 Å². The zero-order valence-corrected chi connectivity index (χ0v) is 10.2. The zero-order valence-electron chi connectivity index (χ0n) is 9.49. The van der Waals surface area contributed by atoms with E-state index in [9.17, 15) is 9.59 Å². The van der Waals surface area contributed by atoms with Crippen molar-refractivity contribution in [2.75, 3.05) is 13.1 Å². The molecular formula is C13H14ClNO2. The van der Waals surface area contributed by atoms with Crippen LogP contribution in [0.5, 0.6) is 0 Å². The highest BCUT2D eigenvalue weighted by Gasteiger charge is 2.18. The summed E-state index contributed by atoms with van der Waals surface area (Å²) in [5, 5.41) is -0.423. The normalized spacial score (nSPS) is 17.1. The molecule has 90 valence electrons. The first kappa shape index (κ1) is 12.3. The fraction of sp³-hybridized carbons (Fsp3) is 0.385. The van der Waals surface area contributed by atoms with Gasteiger partial charge in [-0.05, 0) is 23.2 Å². The first-order valence-electron chi connectivity index (χ1n) is 5.68. The second-order valence-corrected chi connectivity index (χ2v) is 4.59. The maximum atomic E-state index is 11.3. The SMILES string of the molecule is O=C1CCN(Cc2ccccc2C(=O)Cl)CC1. The van der Waals surface area contributed by atoms with Gasteiger partial charge in [-0.3, -0.25) is 14.5 Å². The quantitative estimate of drug-likeness (QED) is 0.773. The monoisotopic (exact) mass is 251 g/mol. The van der Waals surface area contributed by atoms with Crippen LogP contribution in [0.15, 0.2) is 24.3 Å². The van der Waals surface area contributed by atoms with E-state index in [0.29, 0.717) is 30.7 Å². The number of hydrogen-bond donors (Lipinski definition) is 0. The molecule has 17 heavy (non-hydrogen) atoms. The van der Waals surface area contributed by atoms with Gasteiger partial charge < -0.3 is 0 Å². The lowest BCUT2D eigenvalue weighted by Crippen LogP contribution is -2.33. The molecule has 0 spiro atoms. The number of hydrogen-bond acceptors (Lipinski definition) is 3. The van der Waals surface area contributed by atoms with Crippen molar-refractivity contribution in [3.63, 3.8) is 0 Å². The van der Waals surface area contributed by atoms with Crippen LogP contribution in [-0.4, -0.2) is 29.0 Å². The van der Waals surface area contributed by atoms with Gasteiger partial charge in [-0.25, -0.2) is 0 Å². The average Bonchev–Trinajstić information content (AvgIpc) is 2.32. The summed E-state index contributed by atoms with van der Waals surface area (Å²) in [5.74, 6) is 0.322. The molecule has 3 nitrogen and oxygen atoms in total. The molecule has 2 rings (SSSR count). The van der Waals surface area contributed by atoms with Crippen molar-refractivity contribution in [2.24, 2.45) is 0 Å². The number of piperidine rings is 1. The van der Waals surface area contributed by atoms with Crippen molar-refractivity contribution >= 4 is 22.6 Å². The van der Waals surface area contributed by atoms with Gasteiger partial charge in [-0.15, -0.1) is 0 Å². The predicted octanol–water partition coefficient (Wildman–Crippen LogP) is 2.23. The smallest absolute Gasteiger partial charge is 0.252 e. The third kappa shape index (κ3) is 3.14. The summed E-state index contributed by atoms with van der Waals surface area (Å²) in [6.07, 6.45) is 1.22. The number of halogens is 1. The summed E-state index contributed by atoms with van der Waals surface area (Å²) in [6, 6.07) is 7.35. The Kier molecular flexibility index (Phi) is 3.92. The van der Waals surface area contributed by atoms with Crippen LogP contribution in [0.2, 0.25) is 0 Å². The maximum absolute atomic E-state index is 11.3. The fourth-order valence-electron chi connectivity index (χ4n) is 2.05. The number of nitrogens with zero attached hydrogens (tertiary/aromatic N) is 1. The van der Waals surface area contributed by atoms with Crippen LogP contribution < -0.4 is 0 Å². The lowest BCUT2D eigenvalue weighted by atomic mass is 10.1. The second kappa shape index (κ2) is 5.43. The summed E-state index contributed by atoms with van der Waals surface area (Å²) in [7, 11) is 0. The molecule has 1 fully saturated rings. The van der Waals surface area contributed by atoms with E-state index in [1.807, 2.05) is 12.1 Å². The van der Waals surface area contributed by atoms with E-state index in [1.54, 1.807) is 12.1 Å². The van der Waals surface area contributed by atoms with Crippen molar-refractivity contribution in [3.8, 4) is 0 Å². The number of ketones is 1. The largest absolute Gasteiger partial charge is 0.300 e. The number of carbonyl (C=O) groups excluding carboxylic acids is 2. The highest BCUT2D eigenvalue weighted by atomic mass is 35.5. The third-order valence-corrected chi connectivity index (χ3v) is 3.24. The Morgan fingerprint density at radius 3 is 2.53 bits per heavy atom. The number of Topliss-reactive ketones (excluding diaryl/α,β-unsaturated/α-hetero) is 1. The van der Waals surface area contributed by atoms with E-state index in [2.05, 4.69) is 4.90 Å². The van der Waals surface area contributed by atoms with Gasteiger partial charge in [0.2, 0.25) is 0 Å². The van der Waals surface area contributed by atoms with E-state index < -0.39 is 5.24 Å². The van der Waals surface area contributed by atoms with Crippen molar-refractivity contribution in [1.82, 2.24) is 4.90 Å². The third-order valence-electron chi connectivity index (χ3n) is 3.04. The minimum absolute atomic E-state index is 0.322. The Labute approximate surface area is 105 Å². The Balaban J connectivity index is 2.08. The maximum Gasteiger partial charge on any atom is 0.252 e. The molecule has 0 radical (unpaired) electrons. The molecule has 1 aromatic carbocycles. The van der Waals surface area contributed by atoms with Gasteiger partial charge in [0.25, 0.3) is 5.24 Å². The molecule has 1 aliphatic heterocycles. The van der Waals surface area contributed by atoms with E-state index in [1.165, 1.54) is 0 Å². The van der Waals surface area contributed by atoms with Crippen molar-refractivity contribution in [1.29, 1.82) is 0 Å². The van der Waals surface area contributed by atoms with Crippen molar-refractivity contribution in [3.05, 3.63) is 35.4 Å². The van der Waals surface area contributed by atoms with Crippen molar-refractivity contribution < 1.29 is 9.59 Å². The molecule has 1 aliphatic rings. The molecule has 0 atom stereocenters. The molecule has 1 aromatic rings. The number of rotatable bonds is 3. The molecule has 1 saturated heterocycles. The van der Waals surface area contributed by atoms with Gasteiger partial charge in [0.15, 0.2) is 0 Å². The van der Waals surface area contributed by atoms with E-state index in [4.69, 9.17) is 11.6 Å². The molecule has 0 aromatic heterocycles. The summed E-state index contributed by atoms with van der Waals surface area (Å²) in [5.41, 5.74) is 1.49. The molecule has 0 unspecified atom stereocenters. The Morgan fingerprint density at radius 2 is 1.88 bits per heavy atom. The Hall–Kier alpha value is -1.19. The minimum atomic E-state index is -0.423. The Bertz CT molecular complexity index is 435. The summed E-state index contributed by atoms with van der Waals surface area (Å²) < 4.78 is 0. The zero-order chi connectivity index (χ0) is 12.3. The van der Waals surface area contributed by atoms with Crippen LogP contribution in [0.3, 0.4) is 0 Å². The topological polar surface area (TPSA) is 37.4 Å². The summed E-state index contributed by atoms with van der Waals surface area (Å²) in [4.78, 5) is 24.6. The van der Waals surface area contributed by atoms with Gasteiger partial charge in [0.05, 0.1) is 0 Å². The predicted molar refractivity (Wildman–Crippen MR) is 66.1 cm³/mol. The van der Waals surface area contributed by atoms with E-state index >= 15 is 0 Å². The minimum Gasteiger partial charge on any atom is -0.300 e. The van der Waals surface area contributed by atoms with Gasteiger partial charge in [-0.2, -0.15) is 0 Å². The van der Waals surface area contributed by atoms with Crippen molar-refractivity contribution in [2.45, 2.75) is 19.4 Å². The standard InChI is InChI=1S/C13H14ClNO2/c14-13(17)12-4-2-1-3-10(12)9-15-7-5-11(16)6-8-15/h1-4H,5-9H2. The number of benzene rings is 1. The van der Waals surface area contributed by atoms with E-state index in [-0.39, 0.29) is 0 Å². The molecule has 0 bridgehead atoms. The first-order valence-corrected chi connectivity index (χ1v) is 6.06. The second-order valence-electron chi connectivity index (χ2n) is 4.25. The molecule has 0 N–H and O–H groups in total. The average molecular weight is 252 g/mol. The lowest BCUT2D eigenvalue weighted by Gasteiger charge is -2.26. The van der Waals surface area contributed by atoms with Crippen LogP contribution >= 0.6 is 11.6 Å². The van der Waals surface area contributed by atoms with Gasteiger partial charge in [0, 0.05) is 38.0 Å². The Morgan fingerprint density at radius 1 is 1.24 bits per heavy atom. The van der Waals surface area contributed by atoms with Crippen LogP contribution in [0.1, 0.15) is 28.8 Å². The van der Waals surface area contributed by atoms with Gasteiger partial charge in [-0.1, -0.05) is 18.2 Å². The highest BCUT2D eigenvalue weighted by molar-refractivity contribution is 6.67. The van der Waals surface area contributed by atoms with Gasteiger partial charge in [0.1, 0.15) is 5.78 Å². The fourth-order valence-corrected chi connectivity index (χ4v) is 2.24. The molecule has 0 saturated carbocycles. The van der Waals surface area contributed by atoms with Gasteiger partial charge >= 0.3 is 0 Å². The number of carbonyl (C=O) groups is 2. The molecule has 0 amide bonds. The summed E-state index contributed by atoms with van der Waals surface area (Å²) in [6.45, 7) is 2.22. The van der Waals surface area contributed by atoms with Crippen LogP contribution in [0, 0.1) is 0 Å². The van der Waals surface area contributed by atoms with Crippen LogP contribution in [0.25, 0.3) is 0 Å². The highest BCUT2D eigenvalue weighted by Crippen LogP contribution is 2.16.